The molecule has 30 heavy (non-hydrogen) atoms. The van der Waals surface area contributed by atoms with Crippen molar-refractivity contribution in [2.75, 3.05) is 36.8 Å². The van der Waals surface area contributed by atoms with Gasteiger partial charge in [-0.05, 0) is 36.8 Å². The van der Waals surface area contributed by atoms with Crippen LogP contribution in [0, 0.1) is 0 Å². The number of hydroxylamine groups is 1. The minimum absolute atomic E-state index is 0.461. The first-order valence-corrected chi connectivity index (χ1v) is 9.63. The van der Waals surface area contributed by atoms with Gasteiger partial charge in [0.15, 0.2) is 0 Å². The van der Waals surface area contributed by atoms with E-state index in [1.165, 1.54) is 12.4 Å². The summed E-state index contributed by atoms with van der Waals surface area (Å²) < 4.78 is 0. The van der Waals surface area contributed by atoms with Crippen molar-refractivity contribution in [3.63, 3.8) is 0 Å². The number of aliphatic hydroxyl groups excluding tert-OH is 1. The van der Waals surface area contributed by atoms with Gasteiger partial charge in [-0.3, -0.25) is 10.0 Å². The van der Waals surface area contributed by atoms with E-state index in [1.807, 2.05) is 30.3 Å². The van der Waals surface area contributed by atoms with Gasteiger partial charge in [-0.25, -0.2) is 15.3 Å². The lowest BCUT2D eigenvalue weighted by Gasteiger charge is -2.36. The van der Waals surface area contributed by atoms with E-state index >= 15 is 0 Å². The third kappa shape index (κ3) is 4.97. The van der Waals surface area contributed by atoms with E-state index in [0.717, 1.165) is 16.8 Å². The van der Waals surface area contributed by atoms with Crippen LogP contribution in [0.25, 0.3) is 11.1 Å². The summed E-state index contributed by atoms with van der Waals surface area (Å²) >= 11 is 0. The molecule has 2 atom stereocenters. The number of nitrogens with zero attached hydrogens (tertiary/aromatic N) is 3. The molecule has 0 aliphatic carbocycles. The van der Waals surface area contributed by atoms with Crippen LogP contribution in [0.5, 0.6) is 0 Å². The van der Waals surface area contributed by atoms with E-state index < -0.39 is 24.1 Å². The van der Waals surface area contributed by atoms with Crippen molar-refractivity contribution in [2.24, 2.45) is 0 Å². The molecule has 0 spiro atoms. The number of nitrogens with two attached hydrogens (primary N) is 1. The lowest BCUT2D eigenvalue weighted by Crippen LogP contribution is -2.58. The van der Waals surface area contributed by atoms with Gasteiger partial charge in [0.2, 0.25) is 0 Å². The number of hydrogen-bond donors (Lipinski definition) is 5. The molecule has 1 fully saturated rings. The quantitative estimate of drug-likeness (QED) is 0.352. The molecule has 6 N–H and O–H groups in total. The molecule has 1 aliphatic rings. The van der Waals surface area contributed by atoms with Crippen molar-refractivity contribution in [1.82, 2.24) is 20.7 Å². The molecule has 1 saturated heterocycles. The molecular weight excluding hydrogens is 388 g/mol. The Kier molecular flexibility index (Phi) is 6.70. The zero-order chi connectivity index (χ0) is 21.7. The van der Waals surface area contributed by atoms with Crippen LogP contribution in [0.1, 0.15) is 6.92 Å². The van der Waals surface area contributed by atoms with E-state index in [2.05, 4.69) is 15.2 Å². The number of aliphatic hydroxyl groups is 1. The predicted octanol–water partition coefficient (Wildman–Crippen LogP) is 0.417. The molecular formula is C20H26N6O4. The van der Waals surface area contributed by atoms with Crippen molar-refractivity contribution in [3.05, 3.63) is 42.6 Å². The van der Waals surface area contributed by atoms with Crippen molar-refractivity contribution in [2.45, 2.75) is 19.1 Å². The summed E-state index contributed by atoms with van der Waals surface area (Å²) in [4.78, 5) is 31.8. The van der Waals surface area contributed by atoms with Crippen LogP contribution in [0.2, 0.25) is 0 Å². The normalized spacial score (nSPS) is 16.0. The first-order chi connectivity index (χ1) is 14.4. The van der Waals surface area contributed by atoms with E-state index in [4.69, 9.17) is 10.9 Å². The zero-order valence-corrected chi connectivity index (χ0v) is 16.7. The zero-order valence-electron chi connectivity index (χ0n) is 16.7. The van der Waals surface area contributed by atoms with E-state index in [0.29, 0.717) is 32.0 Å². The number of benzene rings is 1. The highest BCUT2D eigenvalue weighted by atomic mass is 16.5. The molecule has 0 saturated carbocycles. The number of nitrogen functional groups attached to an aromatic ring is 1. The number of urea groups is 1. The topological polar surface area (TPSA) is 144 Å². The summed E-state index contributed by atoms with van der Waals surface area (Å²) in [6, 6.07) is 10.1. The van der Waals surface area contributed by atoms with Gasteiger partial charge in [-0.1, -0.05) is 12.1 Å². The number of anilines is 2. The fraction of sp³-hybridized carbons (Fsp3) is 0.350. The number of hydrogen-bond acceptors (Lipinski definition) is 7. The maximum atomic E-state index is 12.4. The molecule has 10 heteroatoms. The maximum Gasteiger partial charge on any atom is 0.318 e. The third-order valence-corrected chi connectivity index (χ3v) is 5.07. The number of pyridine rings is 1. The smallest absolute Gasteiger partial charge is 0.318 e. The molecule has 0 radical (unpaired) electrons. The minimum atomic E-state index is -1.23. The second-order valence-electron chi connectivity index (χ2n) is 7.14. The lowest BCUT2D eigenvalue weighted by molar-refractivity contribution is -0.133. The molecule has 3 rings (SSSR count). The highest BCUT2D eigenvalue weighted by Gasteiger charge is 2.29. The molecule has 0 unspecified atom stereocenters. The fourth-order valence-electron chi connectivity index (χ4n) is 3.31. The Morgan fingerprint density at radius 3 is 2.23 bits per heavy atom. The Balaban J connectivity index is 1.56. The first-order valence-electron chi connectivity index (χ1n) is 9.63. The number of nitrogens with one attached hydrogen (secondary N) is 2. The second kappa shape index (κ2) is 9.42. The molecule has 10 nitrogen and oxygen atoms in total. The van der Waals surface area contributed by atoms with Crippen molar-refractivity contribution in [1.29, 1.82) is 0 Å². The summed E-state index contributed by atoms with van der Waals surface area (Å²) in [5, 5.41) is 20.9. The van der Waals surface area contributed by atoms with E-state index in [1.54, 1.807) is 17.2 Å². The Morgan fingerprint density at radius 2 is 1.70 bits per heavy atom. The molecule has 1 aromatic carbocycles. The van der Waals surface area contributed by atoms with Gasteiger partial charge < -0.3 is 26.0 Å². The van der Waals surface area contributed by atoms with Gasteiger partial charge in [0.1, 0.15) is 11.9 Å². The summed E-state index contributed by atoms with van der Waals surface area (Å²) in [6.45, 7) is 3.54. The first kappa shape index (κ1) is 21.3. The number of carbonyl (C=O) groups excluding carboxylic acids is 2. The van der Waals surface area contributed by atoms with E-state index in [-0.39, 0.29) is 0 Å². The second-order valence-corrected chi connectivity index (χ2v) is 7.14. The third-order valence-electron chi connectivity index (χ3n) is 5.07. The number of piperazine rings is 1. The number of aromatic nitrogens is 1. The highest BCUT2D eigenvalue weighted by Crippen LogP contribution is 2.24. The molecule has 3 amide bonds. The summed E-state index contributed by atoms with van der Waals surface area (Å²) in [5.74, 6) is -0.387. The minimum Gasteiger partial charge on any atom is -0.391 e. The molecule has 160 valence electrons. The van der Waals surface area contributed by atoms with Gasteiger partial charge in [0.05, 0.1) is 6.10 Å². The van der Waals surface area contributed by atoms with Gasteiger partial charge in [0.25, 0.3) is 5.91 Å². The average Bonchev–Trinajstić information content (AvgIpc) is 2.77. The summed E-state index contributed by atoms with van der Waals surface area (Å²) in [6.07, 6.45) is 0.594. The van der Waals surface area contributed by atoms with Gasteiger partial charge in [-0.15, -0.1) is 0 Å². The fourth-order valence-corrected chi connectivity index (χ4v) is 3.31. The molecule has 1 aliphatic heterocycles. The largest absolute Gasteiger partial charge is 0.391 e. The summed E-state index contributed by atoms with van der Waals surface area (Å²) in [5.41, 5.74) is 10.1. The molecule has 2 aromatic rings. The Morgan fingerprint density at radius 1 is 1.07 bits per heavy atom. The monoisotopic (exact) mass is 414 g/mol. The number of rotatable bonds is 5. The van der Waals surface area contributed by atoms with Gasteiger partial charge >= 0.3 is 6.03 Å². The van der Waals surface area contributed by atoms with Crippen molar-refractivity contribution >= 4 is 23.4 Å². The van der Waals surface area contributed by atoms with Gasteiger partial charge in [-0.2, -0.15) is 0 Å². The van der Waals surface area contributed by atoms with Crippen LogP contribution in [-0.2, 0) is 4.79 Å². The van der Waals surface area contributed by atoms with Crippen molar-refractivity contribution < 1.29 is 19.9 Å². The maximum absolute atomic E-state index is 12.4. The van der Waals surface area contributed by atoms with Crippen LogP contribution in [0.3, 0.4) is 0 Å². The van der Waals surface area contributed by atoms with Gasteiger partial charge in [0, 0.05) is 43.6 Å². The summed E-state index contributed by atoms with van der Waals surface area (Å²) in [7, 11) is 0. The Bertz CT molecular complexity index is 864. The Labute approximate surface area is 174 Å². The van der Waals surface area contributed by atoms with Crippen LogP contribution < -0.4 is 21.4 Å². The number of amides is 3. The lowest BCUT2D eigenvalue weighted by atomic mass is 10.1. The van der Waals surface area contributed by atoms with E-state index in [9.17, 15) is 14.7 Å². The highest BCUT2D eigenvalue weighted by molar-refractivity contribution is 5.87. The number of carbonyl (C=O) groups is 2. The van der Waals surface area contributed by atoms with Crippen molar-refractivity contribution in [3.8, 4) is 11.1 Å². The molecule has 2 heterocycles. The van der Waals surface area contributed by atoms with Crippen LogP contribution in [0.15, 0.2) is 42.6 Å². The van der Waals surface area contributed by atoms with Crippen LogP contribution >= 0.6 is 0 Å². The average molecular weight is 414 g/mol. The Hall–Kier alpha value is -3.37. The SMILES string of the molecule is C[C@H](O)[C@@H](NC(=O)N1CCN(c2ccc(-c3ccc(N)nc3)cc2)CC1)C(=O)NO. The molecule has 0 bridgehead atoms. The molecule has 1 aromatic heterocycles. The van der Waals surface area contributed by atoms with Crippen LogP contribution in [0.4, 0.5) is 16.3 Å². The standard InChI is InChI=1S/C20H26N6O4/c1-13(27)18(19(28)24-30)23-20(29)26-10-8-25(9-11-26)16-5-2-14(3-6-16)15-4-7-17(21)22-12-15/h2-7,12-13,18,27,30H,8-11H2,1H3,(H2,21,22)(H,23,29)(H,24,28)/t13-,18+/m0/s1. The van der Waals surface area contributed by atoms with Crippen LogP contribution in [-0.4, -0.2) is 70.5 Å². The predicted molar refractivity (Wildman–Crippen MR) is 112 cm³/mol.